The fraction of sp³-hybridized carbons (Fsp3) is 0.300. The van der Waals surface area contributed by atoms with Gasteiger partial charge in [0.05, 0.1) is 6.54 Å². The molecule has 0 bridgehead atoms. The Hall–Kier alpha value is -2.53. The molecular formula is C20H23FN4. The normalized spacial score (nSPS) is 11.7. The summed E-state index contributed by atoms with van der Waals surface area (Å²) in [6, 6.07) is 16.7. The van der Waals surface area contributed by atoms with E-state index in [-0.39, 0.29) is 11.4 Å². The number of hydrogen-bond acceptors (Lipinski definition) is 3. The van der Waals surface area contributed by atoms with Crippen LogP contribution < -0.4 is 5.32 Å². The van der Waals surface area contributed by atoms with Gasteiger partial charge in [0.2, 0.25) is 0 Å². The Balaban J connectivity index is 1.92. The highest BCUT2D eigenvalue weighted by Gasteiger charge is 2.17. The molecule has 0 saturated heterocycles. The van der Waals surface area contributed by atoms with Gasteiger partial charge in [0.1, 0.15) is 17.2 Å². The summed E-state index contributed by atoms with van der Waals surface area (Å²) in [5, 5.41) is 12.7. The van der Waals surface area contributed by atoms with Crippen LogP contribution in [-0.4, -0.2) is 20.5 Å². The average molecular weight is 338 g/mol. The number of nitrogens with zero attached hydrogens (tertiary/aromatic N) is 3. The molecule has 1 aromatic heterocycles. The maximum atomic E-state index is 13.9. The first-order valence-corrected chi connectivity index (χ1v) is 8.40. The van der Waals surface area contributed by atoms with E-state index in [0.717, 1.165) is 17.0 Å². The minimum absolute atomic E-state index is 0.0245. The first kappa shape index (κ1) is 17.3. The maximum absolute atomic E-state index is 13.9. The lowest BCUT2D eigenvalue weighted by Gasteiger charge is -2.19. The molecule has 130 valence electrons. The van der Waals surface area contributed by atoms with Crippen LogP contribution in [-0.2, 0) is 13.1 Å². The number of aromatic nitrogens is 3. The van der Waals surface area contributed by atoms with Crippen molar-refractivity contribution in [2.24, 2.45) is 0 Å². The molecule has 1 heterocycles. The SMILES string of the molecule is CC(C)(C)NCc1nn(Cc2ccccc2F)nc1-c1ccccc1. The number of hydrogen-bond donors (Lipinski definition) is 1. The molecule has 2 aromatic carbocycles. The second-order valence-corrected chi connectivity index (χ2v) is 7.09. The molecule has 4 nitrogen and oxygen atoms in total. The molecule has 0 unspecified atom stereocenters. The molecule has 5 heteroatoms. The van der Waals surface area contributed by atoms with Crippen molar-refractivity contribution >= 4 is 0 Å². The van der Waals surface area contributed by atoms with Gasteiger partial charge < -0.3 is 5.32 Å². The highest BCUT2D eigenvalue weighted by Crippen LogP contribution is 2.21. The van der Waals surface area contributed by atoms with Crippen LogP contribution in [0.5, 0.6) is 0 Å². The van der Waals surface area contributed by atoms with Gasteiger partial charge in [0.15, 0.2) is 0 Å². The highest BCUT2D eigenvalue weighted by atomic mass is 19.1. The molecule has 0 spiro atoms. The van der Waals surface area contributed by atoms with E-state index in [9.17, 15) is 4.39 Å². The quantitative estimate of drug-likeness (QED) is 0.764. The van der Waals surface area contributed by atoms with Gasteiger partial charge in [-0.05, 0) is 26.8 Å². The molecule has 3 aromatic rings. The van der Waals surface area contributed by atoms with Crippen LogP contribution in [0, 0.1) is 5.82 Å². The summed E-state index contributed by atoms with van der Waals surface area (Å²) in [7, 11) is 0. The van der Waals surface area contributed by atoms with Crippen molar-refractivity contribution in [2.75, 3.05) is 0 Å². The molecule has 0 aliphatic rings. The number of halogens is 1. The molecule has 0 aliphatic heterocycles. The van der Waals surface area contributed by atoms with Crippen LogP contribution in [0.4, 0.5) is 4.39 Å². The van der Waals surface area contributed by atoms with Crippen molar-refractivity contribution in [3.8, 4) is 11.3 Å². The van der Waals surface area contributed by atoms with Gasteiger partial charge in [0.25, 0.3) is 0 Å². The summed E-state index contributed by atoms with van der Waals surface area (Å²) < 4.78 is 13.9. The molecule has 25 heavy (non-hydrogen) atoms. The van der Waals surface area contributed by atoms with E-state index in [4.69, 9.17) is 0 Å². The minimum Gasteiger partial charge on any atom is -0.306 e. The van der Waals surface area contributed by atoms with Crippen molar-refractivity contribution in [1.29, 1.82) is 0 Å². The van der Waals surface area contributed by atoms with Crippen LogP contribution >= 0.6 is 0 Å². The van der Waals surface area contributed by atoms with Crippen molar-refractivity contribution in [3.05, 3.63) is 71.7 Å². The zero-order chi connectivity index (χ0) is 17.9. The third kappa shape index (κ3) is 4.51. The van der Waals surface area contributed by atoms with Crippen LogP contribution in [0.15, 0.2) is 54.6 Å². The smallest absolute Gasteiger partial charge is 0.128 e. The fourth-order valence-electron chi connectivity index (χ4n) is 2.52. The summed E-state index contributed by atoms with van der Waals surface area (Å²) in [5.41, 5.74) is 3.25. The van der Waals surface area contributed by atoms with Gasteiger partial charge in [-0.15, -0.1) is 0 Å². The van der Waals surface area contributed by atoms with E-state index in [1.165, 1.54) is 6.07 Å². The Morgan fingerprint density at radius 1 is 0.960 bits per heavy atom. The molecular weight excluding hydrogens is 315 g/mol. The molecule has 3 rings (SSSR count). The van der Waals surface area contributed by atoms with Gasteiger partial charge in [0, 0.05) is 23.2 Å². The summed E-state index contributed by atoms with van der Waals surface area (Å²) in [6.45, 7) is 7.24. The topological polar surface area (TPSA) is 42.7 Å². The minimum atomic E-state index is -0.240. The monoisotopic (exact) mass is 338 g/mol. The highest BCUT2D eigenvalue weighted by molar-refractivity contribution is 5.60. The Morgan fingerprint density at radius 3 is 2.32 bits per heavy atom. The third-order valence-corrected chi connectivity index (χ3v) is 3.83. The summed E-state index contributed by atoms with van der Waals surface area (Å²) >= 11 is 0. The molecule has 1 N–H and O–H groups in total. The van der Waals surface area contributed by atoms with Crippen molar-refractivity contribution in [2.45, 2.75) is 39.4 Å². The lowest BCUT2D eigenvalue weighted by molar-refractivity contribution is 0.419. The largest absolute Gasteiger partial charge is 0.306 e. The average Bonchev–Trinajstić information content (AvgIpc) is 2.98. The van der Waals surface area contributed by atoms with Crippen LogP contribution in [0.3, 0.4) is 0 Å². The van der Waals surface area contributed by atoms with Gasteiger partial charge in [-0.2, -0.15) is 15.0 Å². The van der Waals surface area contributed by atoms with E-state index in [1.807, 2.05) is 36.4 Å². The maximum Gasteiger partial charge on any atom is 0.128 e. The van der Waals surface area contributed by atoms with Crippen LogP contribution in [0.2, 0.25) is 0 Å². The zero-order valence-corrected chi connectivity index (χ0v) is 14.8. The zero-order valence-electron chi connectivity index (χ0n) is 14.8. The standard InChI is InChI=1S/C20H23FN4/c1-20(2,3)22-13-18-19(15-9-5-4-6-10-15)24-25(23-18)14-16-11-7-8-12-17(16)21/h4-12,22H,13-14H2,1-3H3. The van der Waals surface area contributed by atoms with Crippen LogP contribution in [0.25, 0.3) is 11.3 Å². The molecule has 0 fully saturated rings. The second-order valence-electron chi connectivity index (χ2n) is 7.09. The predicted octanol–water partition coefficient (Wildman–Crippen LogP) is 4.02. The molecule has 0 amide bonds. The van der Waals surface area contributed by atoms with E-state index >= 15 is 0 Å². The Kier molecular flexibility index (Phi) is 4.95. The van der Waals surface area contributed by atoms with Gasteiger partial charge in [-0.25, -0.2) is 4.39 Å². The van der Waals surface area contributed by atoms with E-state index in [2.05, 4.69) is 36.3 Å². The van der Waals surface area contributed by atoms with Gasteiger partial charge in [-0.3, -0.25) is 0 Å². The van der Waals surface area contributed by atoms with Crippen molar-refractivity contribution in [1.82, 2.24) is 20.3 Å². The van der Waals surface area contributed by atoms with E-state index < -0.39 is 0 Å². The molecule has 0 atom stereocenters. The number of nitrogens with one attached hydrogen (secondary N) is 1. The van der Waals surface area contributed by atoms with E-state index in [1.54, 1.807) is 16.9 Å². The second kappa shape index (κ2) is 7.15. The van der Waals surface area contributed by atoms with Gasteiger partial charge in [-0.1, -0.05) is 48.5 Å². The summed E-state index contributed by atoms with van der Waals surface area (Å²) in [5.74, 6) is -0.240. The summed E-state index contributed by atoms with van der Waals surface area (Å²) in [4.78, 5) is 1.57. The van der Waals surface area contributed by atoms with Gasteiger partial charge >= 0.3 is 0 Å². The predicted molar refractivity (Wildman–Crippen MR) is 97.6 cm³/mol. The Bertz CT molecular complexity index is 834. The Labute approximate surface area is 147 Å². The molecule has 0 aliphatic carbocycles. The van der Waals surface area contributed by atoms with Crippen molar-refractivity contribution in [3.63, 3.8) is 0 Å². The number of benzene rings is 2. The summed E-state index contributed by atoms with van der Waals surface area (Å²) in [6.07, 6.45) is 0. The van der Waals surface area contributed by atoms with E-state index in [0.29, 0.717) is 18.7 Å². The van der Waals surface area contributed by atoms with Crippen LogP contribution in [0.1, 0.15) is 32.0 Å². The first-order chi connectivity index (χ1) is 11.9. The molecule has 0 saturated carbocycles. The fourth-order valence-corrected chi connectivity index (χ4v) is 2.52. The number of rotatable bonds is 5. The van der Waals surface area contributed by atoms with Crippen molar-refractivity contribution < 1.29 is 4.39 Å². The first-order valence-electron chi connectivity index (χ1n) is 8.40. The lowest BCUT2D eigenvalue weighted by atomic mass is 10.1. The molecule has 0 radical (unpaired) electrons. The lowest BCUT2D eigenvalue weighted by Crippen LogP contribution is -2.35. The third-order valence-electron chi connectivity index (χ3n) is 3.83. The Morgan fingerprint density at radius 2 is 1.64 bits per heavy atom.